The molecule has 2 aromatic rings. The van der Waals surface area contributed by atoms with Crippen molar-refractivity contribution < 1.29 is 9.53 Å². The molecular formula is C14H17N3O2. The smallest absolute Gasteiger partial charge is 0.274 e. The summed E-state index contributed by atoms with van der Waals surface area (Å²) in [6.07, 6.45) is 1.62. The molecule has 0 aliphatic heterocycles. The lowest BCUT2D eigenvalue weighted by atomic mass is 10.2. The molecule has 0 radical (unpaired) electrons. The molecule has 5 heteroatoms. The Balaban J connectivity index is 2.19. The molecule has 0 aliphatic rings. The number of nitrogens with zero attached hydrogens (tertiary/aromatic N) is 2. The Morgan fingerprint density at radius 1 is 1.32 bits per heavy atom. The number of nitrogens with one attached hydrogen (secondary N) is 1. The van der Waals surface area contributed by atoms with Crippen LogP contribution in [0.5, 0.6) is 5.75 Å². The summed E-state index contributed by atoms with van der Waals surface area (Å²) in [6, 6.07) is 9.07. The standard InChI is InChI=1S/C14H17N3O2/c1-3-17-12(9-10-15-17)14(18)16-11-7-5-6-8-13(11)19-4-2/h5-10H,3-4H2,1-2H3,(H,16,18). The molecule has 0 saturated carbocycles. The van der Waals surface area contributed by atoms with Gasteiger partial charge in [-0.15, -0.1) is 0 Å². The highest BCUT2D eigenvalue weighted by atomic mass is 16.5. The zero-order valence-corrected chi connectivity index (χ0v) is 11.1. The van der Waals surface area contributed by atoms with E-state index in [1.54, 1.807) is 16.9 Å². The second-order valence-corrected chi connectivity index (χ2v) is 3.92. The van der Waals surface area contributed by atoms with Gasteiger partial charge in [0.2, 0.25) is 0 Å². The highest BCUT2D eigenvalue weighted by Gasteiger charge is 2.13. The molecule has 0 aliphatic carbocycles. The van der Waals surface area contributed by atoms with E-state index >= 15 is 0 Å². The maximum absolute atomic E-state index is 12.2. The fourth-order valence-corrected chi connectivity index (χ4v) is 1.82. The third kappa shape index (κ3) is 2.93. The second kappa shape index (κ2) is 6.04. The molecule has 0 unspecified atom stereocenters. The van der Waals surface area contributed by atoms with Gasteiger partial charge >= 0.3 is 0 Å². The Kier molecular flexibility index (Phi) is 4.18. The molecule has 0 atom stereocenters. The highest BCUT2D eigenvalue weighted by Crippen LogP contribution is 2.24. The van der Waals surface area contributed by atoms with Crippen molar-refractivity contribution in [2.75, 3.05) is 11.9 Å². The quantitative estimate of drug-likeness (QED) is 0.897. The average Bonchev–Trinajstić information content (AvgIpc) is 2.89. The maximum atomic E-state index is 12.2. The number of hydrogen-bond donors (Lipinski definition) is 1. The number of carbonyl (C=O) groups excluding carboxylic acids is 1. The Morgan fingerprint density at radius 2 is 2.11 bits per heavy atom. The minimum Gasteiger partial charge on any atom is -0.492 e. The van der Waals surface area contributed by atoms with Gasteiger partial charge in [0.1, 0.15) is 11.4 Å². The second-order valence-electron chi connectivity index (χ2n) is 3.92. The van der Waals surface area contributed by atoms with Gasteiger partial charge in [-0.3, -0.25) is 9.48 Å². The summed E-state index contributed by atoms with van der Waals surface area (Å²) in [7, 11) is 0. The van der Waals surface area contributed by atoms with Crippen LogP contribution in [0.25, 0.3) is 0 Å². The van der Waals surface area contributed by atoms with Crippen molar-refractivity contribution in [2.24, 2.45) is 0 Å². The average molecular weight is 259 g/mol. The lowest BCUT2D eigenvalue weighted by molar-refractivity contribution is 0.101. The molecule has 0 spiro atoms. The number of benzene rings is 1. The summed E-state index contributed by atoms with van der Waals surface area (Å²) in [5.41, 5.74) is 1.20. The van der Waals surface area contributed by atoms with Crippen LogP contribution in [0.3, 0.4) is 0 Å². The van der Waals surface area contributed by atoms with Crippen LogP contribution in [0, 0.1) is 0 Å². The third-order valence-electron chi connectivity index (χ3n) is 2.68. The van der Waals surface area contributed by atoms with Crippen LogP contribution in [-0.4, -0.2) is 22.3 Å². The zero-order valence-electron chi connectivity index (χ0n) is 11.1. The van der Waals surface area contributed by atoms with Crippen molar-refractivity contribution in [3.63, 3.8) is 0 Å². The molecule has 1 amide bonds. The van der Waals surface area contributed by atoms with Crippen molar-refractivity contribution in [1.82, 2.24) is 9.78 Å². The number of aromatic nitrogens is 2. The number of hydrogen-bond acceptors (Lipinski definition) is 3. The topological polar surface area (TPSA) is 56.1 Å². The summed E-state index contributed by atoms with van der Waals surface area (Å²) in [5, 5.41) is 6.93. The molecule has 100 valence electrons. The van der Waals surface area contributed by atoms with E-state index < -0.39 is 0 Å². The number of ether oxygens (including phenoxy) is 1. The van der Waals surface area contributed by atoms with Gasteiger partial charge in [0.15, 0.2) is 0 Å². The summed E-state index contributed by atoms with van der Waals surface area (Å²) in [4.78, 5) is 12.2. The number of anilines is 1. The number of carbonyl (C=O) groups is 1. The van der Waals surface area contributed by atoms with E-state index in [-0.39, 0.29) is 5.91 Å². The molecule has 0 saturated heterocycles. The van der Waals surface area contributed by atoms with Gasteiger partial charge < -0.3 is 10.1 Å². The van der Waals surface area contributed by atoms with Gasteiger partial charge in [-0.05, 0) is 32.0 Å². The summed E-state index contributed by atoms with van der Waals surface area (Å²) >= 11 is 0. The van der Waals surface area contributed by atoms with Gasteiger partial charge in [0.05, 0.1) is 12.3 Å². The van der Waals surface area contributed by atoms with Crippen LogP contribution in [0.15, 0.2) is 36.5 Å². The maximum Gasteiger partial charge on any atom is 0.274 e. The minimum absolute atomic E-state index is 0.188. The first kappa shape index (κ1) is 13.1. The molecule has 5 nitrogen and oxygen atoms in total. The van der Waals surface area contributed by atoms with Crippen LogP contribution in [0.4, 0.5) is 5.69 Å². The molecule has 1 aromatic heterocycles. The van der Waals surface area contributed by atoms with Crippen LogP contribution in [0.2, 0.25) is 0 Å². The number of rotatable bonds is 5. The van der Waals surface area contributed by atoms with Crippen molar-refractivity contribution in [2.45, 2.75) is 20.4 Å². The van der Waals surface area contributed by atoms with E-state index in [1.165, 1.54) is 0 Å². The molecule has 1 N–H and O–H groups in total. The summed E-state index contributed by atoms with van der Waals surface area (Å²) < 4.78 is 7.13. The molecule has 0 fully saturated rings. The summed E-state index contributed by atoms with van der Waals surface area (Å²) in [5.74, 6) is 0.479. The predicted octanol–water partition coefficient (Wildman–Crippen LogP) is 2.55. The van der Waals surface area contributed by atoms with Gasteiger partial charge in [0, 0.05) is 12.7 Å². The Morgan fingerprint density at radius 3 is 2.84 bits per heavy atom. The SMILES string of the molecule is CCOc1ccccc1NC(=O)c1ccnn1CC. The largest absolute Gasteiger partial charge is 0.492 e. The first-order valence-corrected chi connectivity index (χ1v) is 6.31. The number of aryl methyl sites for hydroxylation is 1. The van der Waals surface area contributed by atoms with E-state index in [0.717, 1.165) is 0 Å². The van der Waals surface area contributed by atoms with E-state index in [2.05, 4.69) is 10.4 Å². The lowest BCUT2D eigenvalue weighted by Gasteiger charge is -2.11. The molecule has 0 bridgehead atoms. The Labute approximate surface area is 112 Å². The van der Waals surface area contributed by atoms with Crippen LogP contribution in [-0.2, 0) is 6.54 Å². The van der Waals surface area contributed by atoms with Gasteiger partial charge in [-0.2, -0.15) is 5.10 Å². The van der Waals surface area contributed by atoms with Gasteiger partial charge in [-0.1, -0.05) is 12.1 Å². The number of amides is 1. The predicted molar refractivity (Wildman–Crippen MR) is 73.5 cm³/mol. The van der Waals surface area contributed by atoms with Gasteiger partial charge in [-0.25, -0.2) is 0 Å². The van der Waals surface area contributed by atoms with Crippen LogP contribution in [0.1, 0.15) is 24.3 Å². The third-order valence-corrected chi connectivity index (χ3v) is 2.68. The van der Waals surface area contributed by atoms with Gasteiger partial charge in [0.25, 0.3) is 5.91 Å². The van der Waals surface area contributed by atoms with E-state index in [4.69, 9.17) is 4.74 Å². The first-order valence-electron chi connectivity index (χ1n) is 6.31. The number of para-hydroxylation sites is 2. The highest BCUT2D eigenvalue weighted by molar-refractivity contribution is 6.03. The van der Waals surface area contributed by atoms with E-state index in [9.17, 15) is 4.79 Å². The molecule has 2 rings (SSSR count). The lowest BCUT2D eigenvalue weighted by Crippen LogP contribution is -2.17. The van der Waals surface area contributed by atoms with Crippen molar-refractivity contribution >= 4 is 11.6 Å². The van der Waals surface area contributed by atoms with Crippen LogP contribution < -0.4 is 10.1 Å². The van der Waals surface area contributed by atoms with Crippen molar-refractivity contribution in [3.8, 4) is 5.75 Å². The summed E-state index contributed by atoms with van der Waals surface area (Å²) in [6.45, 7) is 5.06. The monoisotopic (exact) mass is 259 g/mol. The first-order chi connectivity index (χ1) is 9.26. The van der Waals surface area contributed by atoms with E-state index in [0.29, 0.717) is 30.3 Å². The molecule has 1 heterocycles. The minimum atomic E-state index is -0.188. The van der Waals surface area contributed by atoms with Crippen molar-refractivity contribution in [3.05, 3.63) is 42.2 Å². The molecule has 1 aromatic carbocycles. The Hall–Kier alpha value is -2.30. The van der Waals surface area contributed by atoms with Crippen LogP contribution >= 0.6 is 0 Å². The molecular weight excluding hydrogens is 242 g/mol. The van der Waals surface area contributed by atoms with E-state index in [1.807, 2.05) is 38.1 Å². The van der Waals surface area contributed by atoms with Crippen molar-refractivity contribution in [1.29, 1.82) is 0 Å². The normalized spacial score (nSPS) is 10.2. The fourth-order valence-electron chi connectivity index (χ4n) is 1.82. The zero-order chi connectivity index (χ0) is 13.7. The Bertz CT molecular complexity index is 563. The fraction of sp³-hybridized carbons (Fsp3) is 0.286. The molecule has 19 heavy (non-hydrogen) atoms.